The molecule has 0 aromatic heterocycles. The number of phenolic OH excluding ortho intramolecular Hbond substituents is 1. The molecule has 12 nitrogen and oxygen atoms in total. The van der Waals surface area contributed by atoms with Gasteiger partial charge >= 0.3 is 3.18 Å². The molecule has 1 radical (unpaired) electrons. The molecule has 62 heavy (non-hydrogen) atoms. The number of ether oxygens (including phenoxy) is 1. The van der Waals surface area contributed by atoms with Crippen LogP contribution >= 0.6 is 70.5 Å². The molecule has 19 heteroatoms. The van der Waals surface area contributed by atoms with Gasteiger partial charge in [0, 0.05) is 132 Å². The van der Waals surface area contributed by atoms with Crippen molar-refractivity contribution in [1.82, 2.24) is 29.4 Å². The van der Waals surface area contributed by atoms with Crippen molar-refractivity contribution in [2.75, 3.05) is 85.6 Å². The van der Waals surface area contributed by atoms with E-state index in [-0.39, 0.29) is 51.1 Å². The van der Waals surface area contributed by atoms with Gasteiger partial charge in [0.15, 0.2) is 0 Å². The molecular formula is C43H58BBr3Cl2N6O6V. The predicted octanol–water partition coefficient (Wildman–Crippen LogP) is 6.62. The summed E-state index contributed by atoms with van der Waals surface area (Å²) in [6.07, 6.45) is 6.36. The fourth-order valence-electron chi connectivity index (χ4n) is 7.90. The van der Waals surface area contributed by atoms with Crippen LogP contribution < -0.4 is 4.74 Å². The summed E-state index contributed by atoms with van der Waals surface area (Å²) in [5.41, 5.74) is 3.87. The van der Waals surface area contributed by atoms with Crippen LogP contribution in [-0.4, -0.2) is 159 Å². The summed E-state index contributed by atoms with van der Waals surface area (Å²) < 4.78 is 5.72. The molecule has 4 heterocycles. The number of halogens is 5. The molecule has 4 saturated heterocycles. The van der Waals surface area contributed by atoms with E-state index in [2.05, 4.69) is 83.2 Å². The first-order valence-corrected chi connectivity index (χ1v) is 24.3. The second-order valence-corrected chi connectivity index (χ2v) is 22.6. The van der Waals surface area contributed by atoms with Gasteiger partial charge in [-0.25, -0.2) is 0 Å². The minimum absolute atomic E-state index is 0. The zero-order valence-corrected chi connectivity index (χ0v) is 43.5. The van der Waals surface area contributed by atoms with E-state index >= 15 is 0 Å². The Morgan fingerprint density at radius 3 is 1.42 bits per heavy atom. The molecule has 1 N–H and O–H groups in total. The molecule has 0 aliphatic carbocycles. The Morgan fingerprint density at radius 2 is 1.05 bits per heavy atom. The maximum absolute atomic E-state index is 12.7. The number of aromatic hydroxyl groups is 1. The number of phenols is 1. The second kappa shape index (κ2) is 26.8. The summed E-state index contributed by atoms with van der Waals surface area (Å²) in [6, 6.07) is 8.16. The number of hydrogen-bond donors (Lipinski definition) is 1. The van der Waals surface area contributed by atoms with Crippen LogP contribution in [0.1, 0.15) is 48.9 Å². The van der Waals surface area contributed by atoms with E-state index < -0.39 is 0 Å². The standard InChI is InChI=1S/C22H30ClN3O3.C21H28ClN3O3.BBr3.V/c1-4-16-12-17(20(29-3)13-19(16)23)6-7-22(28)25-10-8-24(9-11-25)18-14-26(15-18)21(27)5-2;1-3-15-11-16(19(26)12-18(15)22)5-6-21(28)24-9-7-23(8-10-24)17-13-25(14-17)20(27)4-2;2-1(3)4;/h5,12-13,18H,2,4,6-11,14-15H2,1,3H3;4,11-12,17,26H,2-3,5-10,13-14H2,1H3;;. The molecule has 4 aliphatic heterocycles. The summed E-state index contributed by atoms with van der Waals surface area (Å²) in [5, 5.41) is 11.4. The van der Waals surface area contributed by atoms with Crippen molar-refractivity contribution in [2.24, 2.45) is 0 Å². The van der Waals surface area contributed by atoms with Gasteiger partial charge in [0.05, 0.1) is 7.11 Å². The van der Waals surface area contributed by atoms with Crippen molar-refractivity contribution in [1.29, 1.82) is 0 Å². The Hall–Kier alpha value is -2.01. The smallest absolute Gasteiger partial charge is 0.369 e. The summed E-state index contributed by atoms with van der Waals surface area (Å²) in [5.74, 6) is 1.18. The van der Waals surface area contributed by atoms with Gasteiger partial charge in [-0.2, -0.15) is 0 Å². The van der Waals surface area contributed by atoms with E-state index in [0.29, 0.717) is 60.9 Å². The molecule has 0 unspecified atom stereocenters. The summed E-state index contributed by atoms with van der Waals surface area (Å²) in [4.78, 5) is 60.6. The molecule has 4 fully saturated rings. The number of rotatable bonds is 13. The van der Waals surface area contributed by atoms with Gasteiger partial charge in [-0.3, -0.25) is 29.0 Å². The average molecular weight is 1130 g/mol. The van der Waals surface area contributed by atoms with E-state index in [9.17, 15) is 24.3 Å². The molecule has 2 aromatic rings. The Labute approximate surface area is 414 Å². The van der Waals surface area contributed by atoms with Crippen molar-refractivity contribution in [3.63, 3.8) is 0 Å². The van der Waals surface area contributed by atoms with Crippen LogP contribution in [0.25, 0.3) is 0 Å². The van der Waals surface area contributed by atoms with Gasteiger partial charge in [-0.05, 0) is 72.2 Å². The number of piperazine rings is 2. The molecule has 6 rings (SSSR count). The van der Waals surface area contributed by atoms with Gasteiger partial charge in [-0.1, -0.05) is 62.3 Å². The molecule has 0 saturated carbocycles. The van der Waals surface area contributed by atoms with Crippen LogP contribution in [0, 0.1) is 0 Å². The third kappa shape index (κ3) is 15.6. The predicted molar refractivity (Wildman–Crippen MR) is 256 cm³/mol. The fraction of sp³-hybridized carbons (Fsp3) is 0.535. The van der Waals surface area contributed by atoms with Crippen molar-refractivity contribution in [2.45, 2.75) is 64.5 Å². The number of benzene rings is 2. The number of hydrogen-bond acceptors (Lipinski definition) is 8. The van der Waals surface area contributed by atoms with Gasteiger partial charge in [0.1, 0.15) is 11.5 Å². The molecule has 0 spiro atoms. The normalized spacial score (nSPS) is 16.9. The Kier molecular flexibility index (Phi) is 23.5. The monoisotopic (exact) mass is 1120 g/mol. The molecule has 0 atom stereocenters. The van der Waals surface area contributed by atoms with Crippen LogP contribution in [0.2, 0.25) is 10.0 Å². The van der Waals surface area contributed by atoms with Crippen molar-refractivity contribution >= 4 is 97.3 Å². The summed E-state index contributed by atoms with van der Waals surface area (Å²) in [6.45, 7) is 20.4. The third-order valence-electron chi connectivity index (χ3n) is 11.7. The fourth-order valence-corrected chi connectivity index (χ4v) is 8.48. The van der Waals surface area contributed by atoms with Crippen molar-refractivity contribution in [3.8, 4) is 11.5 Å². The molecular weight excluding hydrogens is 1070 g/mol. The summed E-state index contributed by atoms with van der Waals surface area (Å²) in [7, 11) is 1.63. The quantitative estimate of drug-likeness (QED) is 0.176. The second-order valence-electron chi connectivity index (χ2n) is 15.3. The number of nitrogens with zero attached hydrogens (tertiary/aromatic N) is 6. The average Bonchev–Trinajstić information content (AvgIpc) is 3.21. The van der Waals surface area contributed by atoms with Crippen molar-refractivity contribution < 1.29 is 47.6 Å². The van der Waals surface area contributed by atoms with E-state index in [4.69, 9.17) is 27.9 Å². The van der Waals surface area contributed by atoms with Crippen LogP contribution in [0.4, 0.5) is 0 Å². The Balaban J connectivity index is 0.000000300. The number of aryl methyl sites for hydroxylation is 4. The topological polar surface area (TPSA) is 117 Å². The van der Waals surface area contributed by atoms with Gasteiger partial charge in [0.2, 0.25) is 23.6 Å². The molecule has 339 valence electrons. The van der Waals surface area contributed by atoms with Gasteiger partial charge in [0.25, 0.3) is 0 Å². The number of carbonyl (C=O) groups excluding carboxylic acids is 4. The molecule has 4 amide bonds. The Morgan fingerprint density at radius 1 is 0.677 bits per heavy atom. The number of amides is 4. The van der Waals surface area contributed by atoms with E-state index in [0.717, 1.165) is 106 Å². The number of methoxy groups -OCH3 is 1. The third-order valence-corrected chi connectivity index (χ3v) is 12.4. The maximum Gasteiger partial charge on any atom is 0.369 e. The minimum Gasteiger partial charge on any atom is -0.508 e. The molecule has 2 aromatic carbocycles. The van der Waals surface area contributed by atoms with Crippen LogP contribution in [0.3, 0.4) is 0 Å². The van der Waals surface area contributed by atoms with Gasteiger partial charge < -0.3 is 29.4 Å². The largest absolute Gasteiger partial charge is 0.508 e. The maximum atomic E-state index is 12.7. The summed E-state index contributed by atoms with van der Waals surface area (Å²) >= 11 is 21.7. The van der Waals surface area contributed by atoms with Gasteiger partial charge in [-0.15, -0.1) is 47.3 Å². The van der Waals surface area contributed by atoms with E-state index in [1.165, 1.54) is 12.2 Å². The zero-order valence-electron chi connectivity index (χ0n) is 35.8. The van der Waals surface area contributed by atoms with Crippen molar-refractivity contribution in [3.05, 3.63) is 81.9 Å². The zero-order chi connectivity index (χ0) is 44.8. The Bertz CT molecular complexity index is 1860. The van der Waals surface area contributed by atoms with Crippen LogP contribution in [0.5, 0.6) is 11.5 Å². The van der Waals surface area contributed by atoms with E-state index in [1.54, 1.807) is 23.0 Å². The van der Waals surface area contributed by atoms with Crippen LogP contribution in [0.15, 0.2) is 49.6 Å². The first-order chi connectivity index (χ1) is 29.1. The van der Waals surface area contributed by atoms with E-state index in [1.807, 2.05) is 28.9 Å². The van der Waals surface area contributed by atoms with Crippen LogP contribution in [-0.2, 0) is 63.4 Å². The first kappa shape index (κ1) is 54.3. The number of carbonyl (C=O) groups is 4. The number of likely N-dealkylation sites (tertiary alicyclic amines) is 2. The molecule has 0 bridgehead atoms. The molecule has 4 aliphatic rings. The minimum atomic E-state index is -0.0123. The SMILES string of the molecule is BrB(Br)Br.C=CC(=O)N1CC(N2CCN(C(=O)CCc3cc(CC)c(Cl)cc3O)CC2)C1.C=CC(=O)N1CC(N2CCN(C(=O)CCc3cc(CC)c(Cl)cc3OC)CC2)C1.[V]. The first-order valence-electron chi connectivity index (χ1n) is 20.8.